The first kappa shape index (κ1) is 62.1. The predicted octanol–water partition coefficient (Wildman–Crippen LogP) is 17.9. The van der Waals surface area contributed by atoms with Crippen molar-refractivity contribution in [3.8, 4) is 0 Å². The van der Waals surface area contributed by atoms with Gasteiger partial charge >= 0.3 is 17.9 Å². The molecule has 0 amide bonds. The van der Waals surface area contributed by atoms with Crippen LogP contribution < -0.4 is 0 Å². The molecule has 0 N–H and O–H groups in total. The first-order chi connectivity index (χ1) is 32.5. The summed E-state index contributed by atoms with van der Waals surface area (Å²) >= 11 is 0. The molecule has 0 aliphatic rings. The van der Waals surface area contributed by atoms with E-state index >= 15 is 0 Å². The van der Waals surface area contributed by atoms with Crippen molar-refractivity contribution in [2.24, 2.45) is 0 Å². The number of hydrogen-bond donors (Lipinski definition) is 0. The van der Waals surface area contributed by atoms with E-state index in [2.05, 4.69) is 130 Å². The Morgan fingerprint density at radius 1 is 0.318 bits per heavy atom. The number of carbonyl (C=O) groups is 3. The van der Waals surface area contributed by atoms with Crippen LogP contribution in [0, 0.1) is 0 Å². The monoisotopic (exact) mass is 915 g/mol. The third-order valence-electron chi connectivity index (χ3n) is 11.0. The Morgan fingerprint density at radius 2 is 0.636 bits per heavy atom. The topological polar surface area (TPSA) is 78.9 Å². The van der Waals surface area contributed by atoms with Crippen LogP contribution in [0.15, 0.2) is 109 Å². The summed E-state index contributed by atoms with van der Waals surface area (Å²) < 4.78 is 16.7. The molecule has 0 fully saturated rings. The summed E-state index contributed by atoms with van der Waals surface area (Å²) in [5.74, 6) is -0.991. The molecule has 0 spiro atoms. The fourth-order valence-corrected chi connectivity index (χ4v) is 6.96. The summed E-state index contributed by atoms with van der Waals surface area (Å²) in [5.41, 5.74) is 0. The van der Waals surface area contributed by atoms with Crippen molar-refractivity contribution in [1.29, 1.82) is 0 Å². The first-order valence-electron chi connectivity index (χ1n) is 26.9. The predicted molar refractivity (Wildman–Crippen MR) is 283 cm³/mol. The second kappa shape index (κ2) is 53.7. The molecule has 6 heteroatoms. The molecule has 0 aromatic carbocycles. The molecule has 1 unspecified atom stereocenters. The molecule has 0 rings (SSSR count). The second-order valence-electron chi connectivity index (χ2n) is 17.4. The highest BCUT2D eigenvalue weighted by Crippen LogP contribution is 2.13. The molecule has 0 heterocycles. The van der Waals surface area contributed by atoms with Crippen molar-refractivity contribution in [3.63, 3.8) is 0 Å². The molecule has 0 aromatic heterocycles. The van der Waals surface area contributed by atoms with Gasteiger partial charge < -0.3 is 14.2 Å². The van der Waals surface area contributed by atoms with Gasteiger partial charge in [0.2, 0.25) is 0 Å². The second-order valence-corrected chi connectivity index (χ2v) is 17.4. The summed E-state index contributed by atoms with van der Waals surface area (Å²) in [6, 6.07) is 0. The molecule has 0 aromatic rings. The minimum Gasteiger partial charge on any atom is -0.462 e. The van der Waals surface area contributed by atoms with Gasteiger partial charge in [0.15, 0.2) is 6.10 Å². The quantitative estimate of drug-likeness (QED) is 0.0262. The van der Waals surface area contributed by atoms with Gasteiger partial charge in [-0.25, -0.2) is 0 Å². The summed E-state index contributed by atoms with van der Waals surface area (Å²) in [4.78, 5) is 37.9. The Bertz CT molecular complexity index is 1370. The van der Waals surface area contributed by atoms with Crippen LogP contribution >= 0.6 is 0 Å². The number of esters is 3. The van der Waals surface area contributed by atoms with E-state index in [1.165, 1.54) is 64.2 Å². The van der Waals surface area contributed by atoms with E-state index in [0.29, 0.717) is 19.3 Å². The van der Waals surface area contributed by atoms with Crippen LogP contribution in [0.3, 0.4) is 0 Å². The van der Waals surface area contributed by atoms with Crippen molar-refractivity contribution in [2.75, 3.05) is 13.2 Å². The van der Waals surface area contributed by atoms with Gasteiger partial charge in [-0.2, -0.15) is 0 Å². The first-order valence-corrected chi connectivity index (χ1v) is 26.9. The molecule has 66 heavy (non-hydrogen) atoms. The zero-order valence-corrected chi connectivity index (χ0v) is 42.7. The normalized spacial score (nSPS) is 13.0. The van der Waals surface area contributed by atoms with Crippen LogP contribution in [-0.4, -0.2) is 37.2 Å². The maximum Gasteiger partial charge on any atom is 0.306 e. The van der Waals surface area contributed by atoms with E-state index in [4.69, 9.17) is 14.2 Å². The van der Waals surface area contributed by atoms with Gasteiger partial charge in [-0.15, -0.1) is 0 Å². The van der Waals surface area contributed by atoms with Gasteiger partial charge in [-0.05, 0) is 116 Å². The largest absolute Gasteiger partial charge is 0.462 e. The zero-order chi connectivity index (χ0) is 47.9. The Labute approximate surface area is 406 Å². The van der Waals surface area contributed by atoms with Crippen molar-refractivity contribution >= 4 is 17.9 Å². The van der Waals surface area contributed by atoms with Crippen LogP contribution in [0.1, 0.15) is 233 Å². The van der Waals surface area contributed by atoms with Gasteiger partial charge in [0.25, 0.3) is 0 Å². The number of allylic oxidation sites excluding steroid dienone is 18. The highest BCUT2D eigenvalue weighted by Gasteiger charge is 2.19. The van der Waals surface area contributed by atoms with Gasteiger partial charge in [-0.1, -0.05) is 207 Å². The number of hydrogen-bond acceptors (Lipinski definition) is 6. The molecule has 0 saturated carbocycles. The van der Waals surface area contributed by atoms with E-state index in [1.807, 2.05) is 0 Å². The average molecular weight is 915 g/mol. The average Bonchev–Trinajstić information content (AvgIpc) is 3.31. The molecule has 0 saturated heterocycles. The van der Waals surface area contributed by atoms with Crippen LogP contribution in [0.25, 0.3) is 0 Å². The van der Waals surface area contributed by atoms with Crippen LogP contribution in [-0.2, 0) is 28.6 Å². The van der Waals surface area contributed by atoms with Crippen LogP contribution in [0.5, 0.6) is 0 Å². The van der Waals surface area contributed by atoms with E-state index in [1.54, 1.807) is 0 Å². The Kier molecular flexibility index (Phi) is 50.5. The fourth-order valence-electron chi connectivity index (χ4n) is 6.96. The van der Waals surface area contributed by atoms with E-state index in [0.717, 1.165) is 122 Å². The number of unbranched alkanes of at least 4 members (excludes halogenated alkanes) is 18. The number of ether oxygens (including phenoxy) is 3. The third kappa shape index (κ3) is 51.1. The summed E-state index contributed by atoms with van der Waals surface area (Å²) in [5, 5.41) is 0. The highest BCUT2D eigenvalue weighted by atomic mass is 16.6. The molecule has 0 aliphatic carbocycles. The molecule has 374 valence electrons. The Balaban J connectivity index is 4.45. The van der Waals surface area contributed by atoms with E-state index in [9.17, 15) is 14.4 Å². The van der Waals surface area contributed by atoms with Gasteiger partial charge in [0.05, 0.1) is 0 Å². The molecular weight excluding hydrogens is 817 g/mol. The lowest BCUT2D eigenvalue weighted by Crippen LogP contribution is -2.30. The van der Waals surface area contributed by atoms with Gasteiger partial charge in [-0.3, -0.25) is 14.4 Å². The number of carbonyl (C=O) groups excluding carboxylic acids is 3. The Hall–Kier alpha value is -3.93. The van der Waals surface area contributed by atoms with Crippen molar-refractivity contribution in [1.82, 2.24) is 0 Å². The summed E-state index contributed by atoms with van der Waals surface area (Å²) in [6.07, 6.45) is 72.3. The molecule has 1 atom stereocenters. The van der Waals surface area contributed by atoms with Crippen molar-refractivity contribution in [2.45, 2.75) is 239 Å². The molecule has 6 nitrogen and oxygen atoms in total. The highest BCUT2D eigenvalue weighted by molar-refractivity contribution is 5.71. The maximum absolute atomic E-state index is 12.8. The molecular formula is C60H98O6. The summed E-state index contributed by atoms with van der Waals surface area (Å²) in [7, 11) is 0. The lowest BCUT2D eigenvalue weighted by Gasteiger charge is -2.18. The zero-order valence-electron chi connectivity index (χ0n) is 42.7. The minimum absolute atomic E-state index is 0.105. The molecule has 0 aliphatic heterocycles. The standard InChI is InChI=1S/C60H98O6/c1-4-7-10-13-16-19-22-24-26-27-28-29-30-31-32-33-35-36-38-41-44-47-50-53-59(62)65-56-57(55-64-58(61)52-49-46-43-40-21-18-15-12-9-6-3)66-60(63)54-51-48-45-42-39-37-34-25-23-20-17-14-11-8-5-2/h7,10,12,15-16,19,24-26,28-29,31-32,34-36,41,44,57H,4-6,8-9,11,13-14,17-18,20-23,27,30,33,37-40,42-43,45-56H2,1-3H3/b10-7-,15-12-,19-16-,26-24-,29-28-,32-31-,34-25-,36-35-,44-41-. The molecule has 0 radical (unpaired) electrons. The fraction of sp³-hybridized carbons (Fsp3) is 0.650. The third-order valence-corrected chi connectivity index (χ3v) is 11.0. The molecule has 0 bridgehead atoms. The van der Waals surface area contributed by atoms with E-state index in [-0.39, 0.29) is 37.5 Å². The van der Waals surface area contributed by atoms with Gasteiger partial charge in [0, 0.05) is 19.3 Å². The number of rotatable bonds is 47. The summed E-state index contributed by atoms with van der Waals surface area (Å²) in [6.45, 7) is 6.38. The van der Waals surface area contributed by atoms with E-state index < -0.39 is 6.10 Å². The van der Waals surface area contributed by atoms with Crippen molar-refractivity contribution < 1.29 is 28.6 Å². The smallest absolute Gasteiger partial charge is 0.306 e. The lowest BCUT2D eigenvalue weighted by molar-refractivity contribution is -0.167. The maximum atomic E-state index is 12.8. The van der Waals surface area contributed by atoms with Crippen LogP contribution in [0.2, 0.25) is 0 Å². The van der Waals surface area contributed by atoms with Crippen LogP contribution in [0.4, 0.5) is 0 Å². The SMILES string of the molecule is CC/C=C\C/C=C\C/C=C\C/C=C\C/C=C\C/C=C\C/C=C\CCCC(=O)OCC(COC(=O)CCCCCCC/C=C\CCC)OC(=O)CCCCCCC/C=C\CCCCCCCC. The minimum atomic E-state index is -0.810. The Morgan fingerprint density at radius 3 is 1.06 bits per heavy atom. The lowest BCUT2D eigenvalue weighted by atomic mass is 10.1. The van der Waals surface area contributed by atoms with Gasteiger partial charge in [0.1, 0.15) is 13.2 Å². The van der Waals surface area contributed by atoms with Crippen molar-refractivity contribution in [3.05, 3.63) is 109 Å².